The number of hydrogen-bond acceptors (Lipinski definition) is 6. The zero-order valence-corrected chi connectivity index (χ0v) is 18.8. The molecule has 0 atom stereocenters. The lowest BCUT2D eigenvalue weighted by Crippen LogP contribution is -2.18. The smallest absolute Gasteiger partial charge is 0.250 e. The lowest BCUT2D eigenvalue weighted by molar-refractivity contribution is -0.121. The summed E-state index contributed by atoms with van der Waals surface area (Å²) in [5.41, 5.74) is 3.62. The van der Waals surface area contributed by atoms with Crippen LogP contribution in [0.15, 0.2) is 67.0 Å². The van der Waals surface area contributed by atoms with Crippen molar-refractivity contribution in [3.8, 4) is 17.4 Å². The Labute approximate surface area is 192 Å². The molecule has 1 amide bonds. The summed E-state index contributed by atoms with van der Waals surface area (Å²) in [6.07, 6.45) is 1.73. The molecule has 2 heterocycles. The molecule has 4 rings (SSSR count). The van der Waals surface area contributed by atoms with Gasteiger partial charge in [-0.1, -0.05) is 30.3 Å². The Morgan fingerprint density at radius 2 is 1.76 bits per heavy atom. The highest BCUT2D eigenvalue weighted by molar-refractivity contribution is 5.91. The second-order valence-electron chi connectivity index (χ2n) is 7.55. The average Bonchev–Trinajstić information content (AvgIpc) is 3.14. The van der Waals surface area contributed by atoms with Crippen LogP contribution in [0.3, 0.4) is 0 Å². The Balaban J connectivity index is 1.35. The van der Waals surface area contributed by atoms with E-state index in [9.17, 15) is 4.79 Å². The van der Waals surface area contributed by atoms with E-state index in [1.165, 1.54) is 0 Å². The fraction of sp³-hybridized carbons (Fsp3) is 0.200. The van der Waals surface area contributed by atoms with Gasteiger partial charge in [-0.15, -0.1) is 0 Å². The number of carbonyl (C=O) groups excluding carboxylic acids is 1. The highest BCUT2D eigenvalue weighted by atomic mass is 16.5. The van der Waals surface area contributed by atoms with Crippen molar-refractivity contribution in [2.24, 2.45) is 0 Å². The third kappa shape index (κ3) is 5.81. The maximum atomic E-state index is 12.1. The largest absolute Gasteiger partial charge is 0.439 e. The maximum Gasteiger partial charge on any atom is 0.250 e. The predicted molar refractivity (Wildman–Crippen MR) is 125 cm³/mol. The molecule has 8 nitrogen and oxygen atoms in total. The molecule has 0 fully saturated rings. The van der Waals surface area contributed by atoms with E-state index in [2.05, 4.69) is 20.3 Å². The first-order valence-corrected chi connectivity index (χ1v) is 10.5. The summed E-state index contributed by atoms with van der Waals surface area (Å²) in [6, 6.07) is 18.6. The number of nitrogens with zero attached hydrogens (tertiary/aromatic N) is 4. The molecule has 0 bridgehead atoms. The summed E-state index contributed by atoms with van der Waals surface area (Å²) in [7, 11) is 0. The van der Waals surface area contributed by atoms with Gasteiger partial charge >= 0.3 is 0 Å². The third-order valence-corrected chi connectivity index (χ3v) is 5.00. The van der Waals surface area contributed by atoms with E-state index in [0.29, 0.717) is 35.6 Å². The molecular weight excluding hydrogens is 418 g/mol. The van der Waals surface area contributed by atoms with Gasteiger partial charge in [0.05, 0.1) is 12.3 Å². The molecule has 168 valence electrons. The van der Waals surface area contributed by atoms with Crippen LogP contribution in [0.5, 0.6) is 11.6 Å². The first kappa shape index (κ1) is 22.2. The van der Waals surface area contributed by atoms with Crippen molar-refractivity contribution in [2.75, 3.05) is 11.9 Å². The molecule has 2 aromatic carbocycles. The summed E-state index contributed by atoms with van der Waals surface area (Å²) in [6.45, 7) is 6.11. The number of ether oxygens (including phenoxy) is 2. The van der Waals surface area contributed by atoms with Crippen molar-refractivity contribution in [3.63, 3.8) is 0 Å². The molecule has 0 aliphatic heterocycles. The van der Waals surface area contributed by atoms with Crippen LogP contribution in [0.2, 0.25) is 0 Å². The van der Waals surface area contributed by atoms with Gasteiger partial charge in [-0.25, -0.2) is 9.97 Å². The van der Waals surface area contributed by atoms with Crippen LogP contribution >= 0.6 is 0 Å². The number of aromatic nitrogens is 4. The molecule has 8 heteroatoms. The SMILES string of the molecule is Cc1nc(Oc2ccc(NC(=O)COCc3ccccc3)cc2)cc(-n2cnc(C)c2C)n1. The number of anilines is 1. The minimum Gasteiger partial charge on any atom is -0.439 e. The quantitative estimate of drug-likeness (QED) is 0.430. The van der Waals surface area contributed by atoms with Crippen LogP contribution in [0, 0.1) is 20.8 Å². The van der Waals surface area contributed by atoms with Crippen molar-refractivity contribution in [1.82, 2.24) is 19.5 Å². The molecule has 4 aromatic rings. The van der Waals surface area contributed by atoms with Crippen LogP contribution < -0.4 is 10.1 Å². The standard InChI is InChI=1S/C25H25N5O3/c1-17-18(2)30(16-26-17)23-13-25(28-19(3)27-23)33-22-11-9-21(10-12-22)29-24(31)15-32-14-20-7-5-4-6-8-20/h4-13,16H,14-15H2,1-3H3,(H,29,31). The molecule has 1 N–H and O–H groups in total. The molecule has 0 aliphatic carbocycles. The Hall–Kier alpha value is -4.04. The molecule has 0 unspecified atom stereocenters. The number of aryl methyl sites for hydroxylation is 2. The lowest BCUT2D eigenvalue weighted by atomic mass is 10.2. The van der Waals surface area contributed by atoms with Gasteiger partial charge in [0.1, 0.15) is 30.3 Å². The van der Waals surface area contributed by atoms with E-state index in [1.807, 2.05) is 55.7 Å². The number of benzene rings is 2. The predicted octanol–water partition coefficient (Wildman–Crippen LogP) is 4.54. The second kappa shape index (κ2) is 10.1. The Morgan fingerprint density at radius 1 is 1.00 bits per heavy atom. The van der Waals surface area contributed by atoms with Crippen LogP contribution in [0.4, 0.5) is 5.69 Å². The summed E-state index contributed by atoms with van der Waals surface area (Å²) >= 11 is 0. The maximum absolute atomic E-state index is 12.1. The van der Waals surface area contributed by atoms with Gasteiger partial charge in [0, 0.05) is 17.4 Å². The molecule has 0 saturated heterocycles. The monoisotopic (exact) mass is 443 g/mol. The molecule has 33 heavy (non-hydrogen) atoms. The molecular formula is C25H25N5O3. The Bertz CT molecular complexity index is 1240. The van der Waals surface area contributed by atoms with Gasteiger partial charge in [-0.3, -0.25) is 9.36 Å². The van der Waals surface area contributed by atoms with Gasteiger partial charge in [0.2, 0.25) is 11.8 Å². The van der Waals surface area contributed by atoms with Crippen LogP contribution in [-0.2, 0) is 16.1 Å². The number of carbonyl (C=O) groups is 1. The highest BCUT2D eigenvalue weighted by Gasteiger charge is 2.10. The summed E-state index contributed by atoms with van der Waals surface area (Å²) in [4.78, 5) is 25.3. The van der Waals surface area contributed by atoms with Gasteiger partial charge in [0.25, 0.3) is 0 Å². The summed E-state index contributed by atoms with van der Waals surface area (Å²) < 4.78 is 13.3. The zero-order valence-electron chi connectivity index (χ0n) is 18.8. The van der Waals surface area contributed by atoms with Crippen molar-refractivity contribution in [2.45, 2.75) is 27.4 Å². The number of hydrogen-bond donors (Lipinski definition) is 1. The van der Waals surface area contributed by atoms with E-state index >= 15 is 0 Å². The third-order valence-electron chi connectivity index (χ3n) is 5.00. The van der Waals surface area contributed by atoms with Crippen molar-refractivity contribution in [3.05, 3.63) is 89.8 Å². The van der Waals surface area contributed by atoms with E-state index in [1.54, 1.807) is 36.7 Å². The molecule has 0 radical (unpaired) electrons. The zero-order chi connectivity index (χ0) is 23.2. The fourth-order valence-electron chi connectivity index (χ4n) is 3.19. The van der Waals surface area contributed by atoms with Crippen LogP contribution in [-0.4, -0.2) is 32.0 Å². The van der Waals surface area contributed by atoms with Crippen molar-refractivity contribution in [1.29, 1.82) is 0 Å². The first-order chi connectivity index (χ1) is 16.0. The number of rotatable bonds is 8. The Morgan fingerprint density at radius 3 is 2.45 bits per heavy atom. The molecule has 0 aliphatic rings. The number of amides is 1. The minimum absolute atomic E-state index is 0.0245. The van der Waals surface area contributed by atoms with E-state index in [0.717, 1.165) is 17.0 Å². The van der Waals surface area contributed by atoms with E-state index in [4.69, 9.17) is 9.47 Å². The minimum atomic E-state index is -0.221. The lowest BCUT2D eigenvalue weighted by Gasteiger charge is -2.10. The molecule has 2 aromatic heterocycles. The van der Waals surface area contributed by atoms with Gasteiger partial charge in [-0.2, -0.15) is 4.98 Å². The average molecular weight is 444 g/mol. The molecule has 0 spiro atoms. The summed E-state index contributed by atoms with van der Waals surface area (Å²) in [5.74, 6) is 2.08. The van der Waals surface area contributed by atoms with Crippen LogP contribution in [0.1, 0.15) is 22.8 Å². The normalized spacial score (nSPS) is 10.8. The van der Waals surface area contributed by atoms with Crippen molar-refractivity contribution >= 4 is 11.6 Å². The van der Waals surface area contributed by atoms with Crippen LogP contribution in [0.25, 0.3) is 5.82 Å². The molecule has 0 saturated carbocycles. The highest BCUT2D eigenvalue weighted by Crippen LogP contribution is 2.24. The topological polar surface area (TPSA) is 91.2 Å². The Kier molecular flexibility index (Phi) is 6.75. The summed E-state index contributed by atoms with van der Waals surface area (Å²) in [5, 5.41) is 2.81. The van der Waals surface area contributed by atoms with Gasteiger partial charge in [0.15, 0.2) is 0 Å². The van der Waals surface area contributed by atoms with Gasteiger partial charge < -0.3 is 14.8 Å². The van der Waals surface area contributed by atoms with Crippen molar-refractivity contribution < 1.29 is 14.3 Å². The van der Waals surface area contributed by atoms with Gasteiger partial charge in [-0.05, 0) is 50.6 Å². The van der Waals surface area contributed by atoms with E-state index in [-0.39, 0.29) is 12.5 Å². The van der Waals surface area contributed by atoms with E-state index < -0.39 is 0 Å². The fourth-order valence-corrected chi connectivity index (χ4v) is 3.19. The number of nitrogens with one attached hydrogen (secondary N) is 1. The first-order valence-electron chi connectivity index (χ1n) is 10.5. The second-order valence-corrected chi connectivity index (χ2v) is 7.55. The number of imidazole rings is 1.